The molecular weight excluding hydrogens is 224 g/mol. The van der Waals surface area contributed by atoms with Crippen LogP contribution < -0.4 is 0 Å². The molecule has 0 saturated carbocycles. The van der Waals surface area contributed by atoms with Crippen molar-refractivity contribution in [3.63, 3.8) is 0 Å². The number of ether oxygens (including phenoxy) is 2. The Morgan fingerprint density at radius 2 is 1.71 bits per heavy atom. The van der Waals surface area contributed by atoms with Crippen LogP contribution in [0.1, 0.15) is 27.7 Å². The first kappa shape index (κ1) is 15.3. The number of carbonyl (C=O) groups excluding carboxylic acids is 3. The molecule has 0 aromatic carbocycles. The number of methoxy groups -OCH3 is 1. The minimum Gasteiger partial charge on any atom is -0.465 e. The fourth-order valence-corrected chi connectivity index (χ4v) is 1.03. The van der Waals surface area contributed by atoms with E-state index in [1.807, 2.05) is 0 Å². The predicted octanol–water partition coefficient (Wildman–Crippen LogP) is 1.26. The van der Waals surface area contributed by atoms with Crippen LogP contribution in [0.3, 0.4) is 0 Å². The maximum Gasteiger partial charge on any atom is 0.341 e. The van der Waals surface area contributed by atoms with Crippen molar-refractivity contribution in [2.45, 2.75) is 27.7 Å². The molecule has 0 aromatic heterocycles. The molecule has 5 heteroatoms. The quantitative estimate of drug-likeness (QED) is 0.321. The SMILES string of the molecule is CCOC(=O)/C=C(/C(=O)OC)C(=O)C(C)(C)C. The highest BCUT2D eigenvalue weighted by Gasteiger charge is 2.30. The van der Waals surface area contributed by atoms with E-state index in [0.717, 1.165) is 13.2 Å². The summed E-state index contributed by atoms with van der Waals surface area (Å²) in [4.78, 5) is 34.6. The van der Waals surface area contributed by atoms with E-state index in [2.05, 4.69) is 9.47 Å². The van der Waals surface area contributed by atoms with Gasteiger partial charge in [0.05, 0.1) is 13.7 Å². The van der Waals surface area contributed by atoms with Gasteiger partial charge in [0.2, 0.25) is 0 Å². The van der Waals surface area contributed by atoms with Crippen molar-refractivity contribution < 1.29 is 23.9 Å². The third-order valence-electron chi connectivity index (χ3n) is 1.88. The second-order valence-electron chi connectivity index (χ2n) is 4.38. The molecule has 0 aromatic rings. The van der Waals surface area contributed by atoms with Crippen molar-refractivity contribution in [2.24, 2.45) is 5.41 Å². The summed E-state index contributed by atoms with van der Waals surface area (Å²) < 4.78 is 9.13. The Labute approximate surface area is 101 Å². The van der Waals surface area contributed by atoms with Gasteiger partial charge in [-0.1, -0.05) is 20.8 Å². The van der Waals surface area contributed by atoms with Crippen LogP contribution in [-0.4, -0.2) is 31.4 Å². The minimum absolute atomic E-state index is 0.174. The first-order valence-corrected chi connectivity index (χ1v) is 5.25. The lowest BCUT2D eigenvalue weighted by Gasteiger charge is -2.17. The smallest absolute Gasteiger partial charge is 0.341 e. The van der Waals surface area contributed by atoms with Crippen LogP contribution in [-0.2, 0) is 23.9 Å². The van der Waals surface area contributed by atoms with Crippen LogP contribution in [0.5, 0.6) is 0 Å². The van der Waals surface area contributed by atoms with E-state index in [-0.39, 0.29) is 12.2 Å². The number of hydrogen-bond acceptors (Lipinski definition) is 5. The van der Waals surface area contributed by atoms with Gasteiger partial charge in [-0.15, -0.1) is 0 Å². The van der Waals surface area contributed by atoms with Gasteiger partial charge in [-0.25, -0.2) is 9.59 Å². The lowest BCUT2D eigenvalue weighted by atomic mass is 9.86. The second kappa shape index (κ2) is 6.18. The Hall–Kier alpha value is -1.65. The summed E-state index contributed by atoms with van der Waals surface area (Å²) in [5.74, 6) is -2.03. The van der Waals surface area contributed by atoms with Crippen LogP contribution in [0.25, 0.3) is 0 Å². The van der Waals surface area contributed by atoms with E-state index in [9.17, 15) is 14.4 Å². The number of Topliss-reactive ketones (excluding diaryl/α,β-unsaturated/α-hetero) is 1. The Morgan fingerprint density at radius 1 is 1.18 bits per heavy atom. The maximum absolute atomic E-state index is 11.9. The standard InChI is InChI=1S/C12H18O5/c1-6-17-9(13)7-8(11(15)16-5)10(14)12(2,3)4/h7H,6H2,1-5H3/b8-7+. The predicted molar refractivity (Wildman–Crippen MR) is 61.2 cm³/mol. The summed E-state index contributed by atoms with van der Waals surface area (Å²) in [5.41, 5.74) is -1.06. The van der Waals surface area contributed by atoms with Crippen LogP contribution in [0.2, 0.25) is 0 Å². The van der Waals surface area contributed by atoms with E-state index in [1.165, 1.54) is 0 Å². The molecule has 0 radical (unpaired) electrons. The summed E-state index contributed by atoms with van der Waals surface area (Å²) in [6, 6.07) is 0. The molecule has 0 fully saturated rings. The molecule has 0 aliphatic rings. The lowest BCUT2D eigenvalue weighted by Crippen LogP contribution is -2.27. The molecule has 17 heavy (non-hydrogen) atoms. The average molecular weight is 242 g/mol. The third kappa shape index (κ3) is 4.80. The van der Waals surface area contributed by atoms with Gasteiger partial charge in [-0.3, -0.25) is 4.79 Å². The Kier molecular flexibility index (Phi) is 5.58. The molecule has 0 rings (SSSR count). The molecule has 0 spiro atoms. The molecule has 0 atom stereocenters. The Balaban J connectivity index is 5.23. The number of hydrogen-bond donors (Lipinski definition) is 0. The first-order valence-electron chi connectivity index (χ1n) is 5.25. The topological polar surface area (TPSA) is 69.7 Å². The average Bonchev–Trinajstić information content (AvgIpc) is 2.23. The fraction of sp³-hybridized carbons (Fsp3) is 0.583. The van der Waals surface area contributed by atoms with Crippen LogP contribution in [0, 0.1) is 5.41 Å². The summed E-state index contributed by atoms with van der Waals surface area (Å²) in [7, 11) is 1.15. The van der Waals surface area contributed by atoms with Gasteiger partial charge in [0.25, 0.3) is 0 Å². The van der Waals surface area contributed by atoms with Gasteiger partial charge < -0.3 is 9.47 Å². The van der Waals surface area contributed by atoms with Crippen molar-refractivity contribution >= 4 is 17.7 Å². The molecular formula is C12H18O5. The first-order chi connectivity index (χ1) is 7.73. The molecule has 0 bridgehead atoms. The highest BCUT2D eigenvalue weighted by Crippen LogP contribution is 2.20. The van der Waals surface area contributed by atoms with E-state index in [4.69, 9.17) is 0 Å². The van der Waals surface area contributed by atoms with Gasteiger partial charge in [0.1, 0.15) is 5.57 Å². The molecule has 0 unspecified atom stereocenters. The monoisotopic (exact) mass is 242 g/mol. The highest BCUT2D eigenvalue weighted by molar-refractivity contribution is 6.21. The van der Waals surface area contributed by atoms with Crippen LogP contribution in [0.15, 0.2) is 11.6 Å². The normalized spacial score (nSPS) is 11.9. The Morgan fingerprint density at radius 3 is 2.06 bits per heavy atom. The molecule has 0 saturated heterocycles. The van der Waals surface area contributed by atoms with Gasteiger partial charge in [-0.2, -0.15) is 0 Å². The number of ketones is 1. The minimum atomic E-state index is -0.835. The summed E-state index contributed by atoms with van der Waals surface area (Å²) >= 11 is 0. The van der Waals surface area contributed by atoms with Crippen molar-refractivity contribution in [1.82, 2.24) is 0 Å². The third-order valence-corrected chi connectivity index (χ3v) is 1.88. The zero-order valence-electron chi connectivity index (χ0n) is 10.8. The maximum atomic E-state index is 11.9. The molecule has 0 heterocycles. The lowest BCUT2D eigenvalue weighted by molar-refractivity contribution is -0.141. The number of esters is 2. The van der Waals surface area contributed by atoms with Crippen molar-refractivity contribution in [3.05, 3.63) is 11.6 Å². The number of rotatable bonds is 4. The largest absolute Gasteiger partial charge is 0.465 e. The molecule has 5 nitrogen and oxygen atoms in total. The molecule has 0 aliphatic carbocycles. The van der Waals surface area contributed by atoms with E-state index < -0.39 is 23.1 Å². The van der Waals surface area contributed by atoms with E-state index >= 15 is 0 Å². The zero-order chi connectivity index (χ0) is 13.6. The van der Waals surface area contributed by atoms with Gasteiger partial charge >= 0.3 is 11.9 Å². The highest BCUT2D eigenvalue weighted by atomic mass is 16.5. The summed E-state index contributed by atoms with van der Waals surface area (Å²) in [6.07, 6.45) is 0.878. The summed E-state index contributed by atoms with van der Waals surface area (Å²) in [6.45, 7) is 6.76. The summed E-state index contributed by atoms with van der Waals surface area (Å²) in [5, 5.41) is 0. The van der Waals surface area contributed by atoms with E-state index in [0.29, 0.717) is 0 Å². The van der Waals surface area contributed by atoms with Crippen LogP contribution >= 0.6 is 0 Å². The molecule has 0 aliphatic heterocycles. The van der Waals surface area contributed by atoms with Crippen molar-refractivity contribution in [3.8, 4) is 0 Å². The Bertz CT molecular complexity index is 346. The fourth-order valence-electron chi connectivity index (χ4n) is 1.03. The van der Waals surface area contributed by atoms with Crippen molar-refractivity contribution in [1.29, 1.82) is 0 Å². The van der Waals surface area contributed by atoms with Gasteiger partial charge in [-0.05, 0) is 6.92 Å². The van der Waals surface area contributed by atoms with E-state index in [1.54, 1.807) is 27.7 Å². The molecule has 0 amide bonds. The van der Waals surface area contributed by atoms with Crippen LogP contribution in [0.4, 0.5) is 0 Å². The zero-order valence-corrected chi connectivity index (χ0v) is 10.8. The number of carbonyl (C=O) groups is 3. The second-order valence-corrected chi connectivity index (χ2v) is 4.38. The molecule has 96 valence electrons. The van der Waals surface area contributed by atoms with Crippen molar-refractivity contribution in [2.75, 3.05) is 13.7 Å². The van der Waals surface area contributed by atoms with Gasteiger partial charge in [0, 0.05) is 11.5 Å². The molecule has 0 N–H and O–H groups in total. The van der Waals surface area contributed by atoms with Gasteiger partial charge in [0.15, 0.2) is 5.78 Å².